The molecule has 21 heavy (non-hydrogen) atoms. The van der Waals surface area contributed by atoms with Gasteiger partial charge in [-0.2, -0.15) is 0 Å². The van der Waals surface area contributed by atoms with Crippen molar-refractivity contribution >= 4 is 27.4 Å². The highest BCUT2D eigenvalue weighted by molar-refractivity contribution is 7.21. The van der Waals surface area contributed by atoms with E-state index in [0.717, 1.165) is 35.1 Å². The summed E-state index contributed by atoms with van der Waals surface area (Å²) in [6.45, 7) is 3.45. The van der Waals surface area contributed by atoms with Gasteiger partial charge < -0.3 is 15.2 Å². The smallest absolute Gasteiger partial charge is 0.346 e. The molecule has 0 bridgehead atoms. The molecule has 2 atom stereocenters. The summed E-state index contributed by atoms with van der Waals surface area (Å²) in [5, 5.41) is 14.0. The van der Waals surface area contributed by atoms with Crippen LogP contribution in [-0.2, 0) is 11.3 Å². The first-order chi connectivity index (χ1) is 10.1. The van der Waals surface area contributed by atoms with Crippen LogP contribution in [0.4, 0.5) is 0 Å². The Kier molecular flexibility index (Phi) is 4.24. The molecule has 2 unspecified atom stereocenters. The van der Waals surface area contributed by atoms with E-state index < -0.39 is 5.97 Å². The third kappa shape index (κ3) is 3.10. The average Bonchev–Trinajstić information content (AvgIpc) is 2.84. The maximum atomic E-state index is 11.5. The highest BCUT2D eigenvalue weighted by Gasteiger charge is 2.21. The van der Waals surface area contributed by atoms with E-state index in [-0.39, 0.29) is 6.10 Å². The second-order valence-corrected chi connectivity index (χ2v) is 6.55. The Morgan fingerprint density at radius 1 is 1.48 bits per heavy atom. The van der Waals surface area contributed by atoms with Gasteiger partial charge in [-0.05, 0) is 36.8 Å². The van der Waals surface area contributed by atoms with Gasteiger partial charge in [0.2, 0.25) is 0 Å². The van der Waals surface area contributed by atoms with Crippen LogP contribution < -0.4 is 5.32 Å². The summed E-state index contributed by atoms with van der Waals surface area (Å²) < 4.78 is 6.58. The lowest BCUT2D eigenvalue weighted by molar-refractivity contribution is 0.0130. The summed E-state index contributed by atoms with van der Waals surface area (Å²) in [6.07, 6.45) is 2.23. The van der Waals surface area contributed by atoms with Crippen LogP contribution in [0.2, 0.25) is 0 Å². The second kappa shape index (κ2) is 6.13. The Morgan fingerprint density at radius 2 is 2.29 bits per heavy atom. The molecule has 2 aromatic rings. The summed E-state index contributed by atoms with van der Waals surface area (Å²) in [7, 11) is 0. The molecule has 3 rings (SSSR count). The number of carbonyl (C=O) groups is 1. The fourth-order valence-electron chi connectivity index (χ4n) is 2.88. The van der Waals surface area contributed by atoms with Crippen LogP contribution in [-0.4, -0.2) is 29.8 Å². The number of thiophene rings is 1. The van der Waals surface area contributed by atoms with Crippen LogP contribution in [0, 0.1) is 0 Å². The Hall–Kier alpha value is -1.43. The Morgan fingerprint density at radius 3 is 3.05 bits per heavy atom. The lowest BCUT2D eigenvalue weighted by atomic mass is 10.0. The minimum atomic E-state index is -0.839. The van der Waals surface area contributed by atoms with Crippen molar-refractivity contribution in [2.45, 2.75) is 38.5 Å². The van der Waals surface area contributed by atoms with Gasteiger partial charge in [-0.1, -0.05) is 18.2 Å². The molecule has 0 amide bonds. The molecule has 1 aliphatic heterocycles. The fraction of sp³-hybridized carbons (Fsp3) is 0.438. The largest absolute Gasteiger partial charge is 0.477 e. The number of carboxylic acid groups (broad SMARTS) is 1. The maximum Gasteiger partial charge on any atom is 0.346 e. The van der Waals surface area contributed by atoms with Gasteiger partial charge in [-0.15, -0.1) is 11.3 Å². The molecule has 2 N–H and O–H groups in total. The molecule has 1 saturated heterocycles. The standard InChI is InChI=1S/C16H19NO3S/c1-10-8-11(6-7-20-10)17-9-13-12-4-2-3-5-14(12)21-15(13)16(18)19/h2-5,10-11,17H,6-9H2,1H3,(H,18,19). The second-order valence-electron chi connectivity index (χ2n) is 5.49. The number of hydrogen-bond acceptors (Lipinski definition) is 4. The van der Waals surface area contributed by atoms with Crippen LogP contribution in [0.5, 0.6) is 0 Å². The molecule has 1 aliphatic rings. The SMILES string of the molecule is CC1CC(NCc2c(C(=O)O)sc3ccccc23)CCO1. The highest BCUT2D eigenvalue weighted by Crippen LogP contribution is 2.31. The first-order valence-electron chi connectivity index (χ1n) is 7.24. The van der Waals surface area contributed by atoms with Crippen molar-refractivity contribution in [3.8, 4) is 0 Å². The normalized spacial score (nSPS) is 22.5. The molecule has 0 saturated carbocycles. The number of fused-ring (bicyclic) bond motifs is 1. The van der Waals surface area contributed by atoms with E-state index in [2.05, 4.69) is 12.2 Å². The average molecular weight is 305 g/mol. The van der Waals surface area contributed by atoms with Crippen LogP contribution in [0.3, 0.4) is 0 Å². The van der Waals surface area contributed by atoms with Crippen molar-refractivity contribution in [2.75, 3.05) is 6.61 Å². The van der Waals surface area contributed by atoms with Gasteiger partial charge in [0.05, 0.1) is 6.10 Å². The first-order valence-corrected chi connectivity index (χ1v) is 8.05. The van der Waals surface area contributed by atoms with E-state index in [1.165, 1.54) is 11.3 Å². The summed E-state index contributed by atoms with van der Waals surface area (Å²) in [5.41, 5.74) is 0.905. The number of ether oxygens (including phenoxy) is 1. The van der Waals surface area contributed by atoms with E-state index in [0.29, 0.717) is 17.5 Å². The van der Waals surface area contributed by atoms with Crippen LogP contribution >= 0.6 is 11.3 Å². The third-order valence-electron chi connectivity index (χ3n) is 3.95. The van der Waals surface area contributed by atoms with Gasteiger partial charge in [-0.3, -0.25) is 0 Å². The zero-order chi connectivity index (χ0) is 14.8. The number of carboxylic acids is 1. The van der Waals surface area contributed by atoms with E-state index in [4.69, 9.17) is 4.74 Å². The number of benzene rings is 1. The van der Waals surface area contributed by atoms with Crippen molar-refractivity contribution in [1.29, 1.82) is 0 Å². The van der Waals surface area contributed by atoms with Gasteiger partial charge in [-0.25, -0.2) is 4.79 Å². The van der Waals surface area contributed by atoms with Crippen molar-refractivity contribution in [3.05, 3.63) is 34.7 Å². The quantitative estimate of drug-likeness (QED) is 0.910. The van der Waals surface area contributed by atoms with Crippen molar-refractivity contribution in [1.82, 2.24) is 5.32 Å². The van der Waals surface area contributed by atoms with E-state index >= 15 is 0 Å². The van der Waals surface area contributed by atoms with Crippen molar-refractivity contribution < 1.29 is 14.6 Å². The van der Waals surface area contributed by atoms with Gasteiger partial charge >= 0.3 is 5.97 Å². The zero-order valence-corrected chi connectivity index (χ0v) is 12.8. The summed E-state index contributed by atoms with van der Waals surface area (Å²) >= 11 is 1.35. The molecular formula is C16H19NO3S. The number of aromatic carboxylic acids is 1. The highest BCUT2D eigenvalue weighted by atomic mass is 32.1. The molecule has 0 radical (unpaired) electrons. The zero-order valence-electron chi connectivity index (χ0n) is 12.0. The van der Waals surface area contributed by atoms with Gasteiger partial charge in [0, 0.05) is 23.9 Å². The molecule has 4 nitrogen and oxygen atoms in total. The van der Waals surface area contributed by atoms with Crippen molar-refractivity contribution in [3.63, 3.8) is 0 Å². The summed E-state index contributed by atoms with van der Waals surface area (Å²) in [5.74, 6) is -0.839. The first kappa shape index (κ1) is 14.5. The minimum absolute atomic E-state index is 0.273. The van der Waals surface area contributed by atoms with Crippen molar-refractivity contribution in [2.24, 2.45) is 0 Å². The fourth-order valence-corrected chi connectivity index (χ4v) is 3.94. The van der Waals surface area contributed by atoms with Gasteiger partial charge in [0.1, 0.15) is 4.88 Å². The summed E-state index contributed by atoms with van der Waals surface area (Å²) in [6, 6.07) is 8.28. The predicted molar refractivity (Wildman–Crippen MR) is 84.1 cm³/mol. The van der Waals surface area contributed by atoms with Gasteiger partial charge in [0.15, 0.2) is 0 Å². The number of nitrogens with one attached hydrogen (secondary N) is 1. The van der Waals surface area contributed by atoms with E-state index in [9.17, 15) is 9.90 Å². The van der Waals surface area contributed by atoms with Crippen LogP contribution in [0.15, 0.2) is 24.3 Å². The molecule has 2 heterocycles. The molecule has 1 fully saturated rings. The Balaban J connectivity index is 1.82. The van der Waals surface area contributed by atoms with E-state index in [1.54, 1.807) is 0 Å². The molecular weight excluding hydrogens is 286 g/mol. The maximum absolute atomic E-state index is 11.5. The lowest BCUT2D eigenvalue weighted by Crippen LogP contribution is -2.37. The summed E-state index contributed by atoms with van der Waals surface area (Å²) in [4.78, 5) is 11.9. The molecule has 1 aromatic carbocycles. The topological polar surface area (TPSA) is 58.6 Å². The minimum Gasteiger partial charge on any atom is -0.477 e. The molecule has 112 valence electrons. The monoisotopic (exact) mass is 305 g/mol. The third-order valence-corrected chi connectivity index (χ3v) is 5.15. The predicted octanol–water partition coefficient (Wildman–Crippen LogP) is 3.26. The number of rotatable bonds is 4. The lowest BCUT2D eigenvalue weighted by Gasteiger charge is -2.28. The molecule has 1 aromatic heterocycles. The van der Waals surface area contributed by atoms with Gasteiger partial charge in [0.25, 0.3) is 0 Å². The number of hydrogen-bond donors (Lipinski definition) is 2. The van der Waals surface area contributed by atoms with E-state index in [1.807, 2.05) is 24.3 Å². The molecule has 0 spiro atoms. The van der Waals surface area contributed by atoms with Crippen LogP contribution in [0.1, 0.15) is 35.0 Å². The van der Waals surface area contributed by atoms with Crippen LogP contribution in [0.25, 0.3) is 10.1 Å². The Labute approximate surface area is 127 Å². The Bertz CT molecular complexity index is 652. The molecule has 0 aliphatic carbocycles. The molecule has 5 heteroatoms.